The third-order valence-electron chi connectivity index (χ3n) is 6.93. The fourth-order valence-electron chi connectivity index (χ4n) is 4.46. The van der Waals surface area contributed by atoms with Crippen molar-refractivity contribution in [2.75, 3.05) is 125 Å². The minimum absolute atomic E-state index is 0.0208. The topological polar surface area (TPSA) is 251 Å². The van der Waals surface area contributed by atoms with E-state index in [1.54, 1.807) is 0 Å². The number of carbonyl (C=O) groups is 3. The minimum Gasteiger partial charge on any atom is -0.481 e. The first kappa shape index (κ1) is 45.8. The van der Waals surface area contributed by atoms with Gasteiger partial charge in [0, 0.05) is 26.6 Å². The van der Waals surface area contributed by atoms with Gasteiger partial charge in [-0.25, -0.2) is 4.79 Å². The van der Waals surface area contributed by atoms with E-state index >= 15 is 0 Å². The number of urea groups is 1. The Kier molecular flexibility index (Phi) is 28.8. The van der Waals surface area contributed by atoms with Crippen LogP contribution in [0.25, 0.3) is 0 Å². The molecule has 50 heavy (non-hydrogen) atoms. The average Bonchev–Trinajstić information content (AvgIpc) is 3.08. The molecular formula is C31H59N3O16. The maximum Gasteiger partial charge on any atom is 0.314 e. The van der Waals surface area contributed by atoms with E-state index in [2.05, 4.69) is 16.0 Å². The molecule has 1 fully saturated rings. The van der Waals surface area contributed by atoms with Crippen molar-refractivity contribution < 1.29 is 77.4 Å². The van der Waals surface area contributed by atoms with Crippen LogP contribution in [-0.4, -0.2) is 194 Å². The van der Waals surface area contributed by atoms with E-state index in [4.69, 9.17) is 47.7 Å². The molecule has 1 aliphatic heterocycles. The summed E-state index contributed by atoms with van der Waals surface area (Å²) in [4.78, 5) is 33.7. The number of nitrogens with one attached hydrogen (secondary N) is 3. The molecule has 19 nitrogen and oxygen atoms in total. The molecule has 3 amide bonds. The zero-order valence-electron chi connectivity index (χ0n) is 29.1. The molecule has 1 rings (SSSR count). The lowest BCUT2D eigenvalue weighted by atomic mass is 9.90. The third-order valence-corrected chi connectivity index (χ3v) is 6.93. The van der Waals surface area contributed by atoms with Gasteiger partial charge in [-0.1, -0.05) is 0 Å². The highest BCUT2D eigenvalue weighted by Crippen LogP contribution is 2.24. The van der Waals surface area contributed by atoms with Gasteiger partial charge in [0.1, 0.15) is 18.3 Å². The fraction of sp³-hybridized carbons (Fsp3) is 0.903. The standard InChI is InChI=1S/C31H59N3O16/c1-24(36)34-28-25(50-26(23-35)29(39)30(28)40)3-2-7-42-11-13-44-9-5-32-31(41)33-6-10-45-14-16-47-18-20-49-22-21-48-19-17-46-15-12-43-8-4-27(37)38/h25-26,28-30,35,39-40H,2-23H2,1H3,(H,34,36)(H,37,38)(H2,32,33,41)/t25-,26-,28?,29-,30-/m1/s1. The monoisotopic (exact) mass is 729 g/mol. The van der Waals surface area contributed by atoms with Crippen LogP contribution >= 0.6 is 0 Å². The van der Waals surface area contributed by atoms with E-state index in [-0.39, 0.29) is 25.0 Å². The normalized spacial score (nSPS) is 20.4. The molecule has 19 heteroatoms. The lowest BCUT2D eigenvalue weighted by molar-refractivity contribution is -0.197. The zero-order valence-corrected chi connectivity index (χ0v) is 29.1. The van der Waals surface area contributed by atoms with Crippen molar-refractivity contribution in [2.24, 2.45) is 0 Å². The highest BCUT2D eigenvalue weighted by atomic mass is 16.6. The Morgan fingerprint density at radius 2 is 1.02 bits per heavy atom. The van der Waals surface area contributed by atoms with Crippen LogP contribution in [0.1, 0.15) is 26.2 Å². The van der Waals surface area contributed by atoms with Crippen molar-refractivity contribution in [3.8, 4) is 0 Å². The lowest BCUT2D eigenvalue weighted by Crippen LogP contribution is -2.63. The van der Waals surface area contributed by atoms with Crippen molar-refractivity contribution in [1.82, 2.24) is 16.0 Å². The summed E-state index contributed by atoms with van der Waals surface area (Å²) in [5, 5.41) is 46.3. The predicted octanol–water partition coefficient (Wildman–Crippen LogP) is -2.34. The Bertz CT molecular complexity index is 861. The van der Waals surface area contributed by atoms with Crippen molar-refractivity contribution in [3.05, 3.63) is 0 Å². The average molecular weight is 730 g/mol. The van der Waals surface area contributed by atoms with Gasteiger partial charge in [0.05, 0.1) is 124 Å². The third kappa shape index (κ3) is 24.8. The number of amides is 3. The Labute approximate surface area is 293 Å². The molecule has 1 saturated heterocycles. The van der Waals surface area contributed by atoms with Crippen LogP contribution in [0, 0.1) is 0 Å². The van der Waals surface area contributed by atoms with Crippen molar-refractivity contribution in [2.45, 2.75) is 56.6 Å². The van der Waals surface area contributed by atoms with Crippen LogP contribution in [0.2, 0.25) is 0 Å². The van der Waals surface area contributed by atoms with Gasteiger partial charge < -0.3 is 79.0 Å². The second-order valence-corrected chi connectivity index (χ2v) is 11.0. The maximum atomic E-state index is 11.8. The van der Waals surface area contributed by atoms with Crippen LogP contribution in [0.15, 0.2) is 0 Å². The van der Waals surface area contributed by atoms with E-state index in [1.165, 1.54) is 6.92 Å². The summed E-state index contributed by atoms with van der Waals surface area (Å²) in [6, 6.07) is -1.12. The number of ether oxygens (including phenoxy) is 9. The molecule has 0 aromatic carbocycles. The molecule has 0 aliphatic carbocycles. The van der Waals surface area contributed by atoms with Crippen LogP contribution in [-0.2, 0) is 52.2 Å². The molecule has 0 bridgehead atoms. The van der Waals surface area contributed by atoms with Crippen LogP contribution in [0.4, 0.5) is 4.79 Å². The highest BCUT2D eigenvalue weighted by Gasteiger charge is 2.44. The first-order valence-corrected chi connectivity index (χ1v) is 17.0. The summed E-state index contributed by atoms with van der Waals surface area (Å²) in [6.07, 6.45) is -3.10. The molecule has 0 radical (unpaired) electrons. The second-order valence-electron chi connectivity index (χ2n) is 11.0. The van der Waals surface area contributed by atoms with E-state index < -0.39 is 43.0 Å². The molecule has 1 unspecified atom stereocenters. The van der Waals surface area contributed by atoms with Gasteiger partial charge in [-0.3, -0.25) is 9.59 Å². The predicted molar refractivity (Wildman–Crippen MR) is 175 cm³/mol. The number of aliphatic carboxylic acids is 1. The number of aliphatic hydroxyl groups is 3. The molecule has 0 aromatic rings. The van der Waals surface area contributed by atoms with Crippen LogP contribution < -0.4 is 16.0 Å². The molecule has 0 saturated carbocycles. The molecule has 7 N–H and O–H groups in total. The fourth-order valence-corrected chi connectivity index (χ4v) is 4.46. The Morgan fingerprint density at radius 1 is 0.600 bits per heavy atom. The van der Waals surface area contributed by atoms with E-state index in [1.807, 2.05) is 0 Å². The number of hydrogen-bond acceptors (Lipinski definition) is 15. The minimum atomic E-state index is -1.30. The Morgan fingerprint density at radius 3 is 1.44 bits per heavy atom. The van der Waals surface area contributed by atoms with Crippen molar-refractivity contribution in [1.29, 1.82) is 0 Å². The number of carboxylic acids is 1. The highest BCUT2D eigenvalue weighted by molar-refractivity contribution is 5.73. The van der Waals surface area contributed by atoms with Crippen LogP contribution in [0.5, 0.6) is 0 Å². The smallest absolute Gasteiger partial charge is 0.314 e. The van der Waals surface area contributed by atoms with Gasteiger partial charge in [0.25, 0.3) is 0 Å². The zero-order chi connectivity index (χ0) is 36.7. The van der Waals surface area contributed by atoms with Gasteiger partial charge in [-0.05, 0) is 12.8 Å². The molecule has 1 aliphatic rings. The summed E-state index contributed by atoms with van der Waals surface area (Å²) in [5.74, 6) is -1.25. The summed E-state index contributed by atoms with van der Waals surface area (Å²) >= 11 is 0. The summed E-state index contributed by atoms with van der Waals surface area (Å²) < 4.78 is 48.7. The SMILES string of the molecule is CC(=O)NC1[C@@H](O)[C@H](O)[C@@H](CO)O[C@@H]1CCCOCCOCCNC(=O)NCCOCCOCCOCCOCCOCCOCCC(=O)O. The van der Waals surface area contributed by atoms with Crippen LogP contribution in [0.3, 0.4) is 0 Å². The second kappa shape index (κ2) is 31.5. The van der Waals surface area contributed by atoms with Gasteiger partial charge in [-0.2, -0.15) is 0 Å². The number of carboxylic acid groups (broad SMARTS) is 1. The molecular weight excluding hydrogens is 670 g/mol. The molecule has 0 aromatic heterocycles. The lowest BCUT2D eigenvalue weighted by Gasteiger charge is -2.42. The van der Waals surface area contributed by atoms with E-state index in [9.17, 15) is 29.7 Å². The maximum absolute atomic E-state index is 11.8. The first-order chi connectivity index (χ1) is 24.3. The summed E-state index contributed by atoms with van der Waals surface area (Å²) in [5.41, 5.74) is 0. The van der Waals surface area contributed by atoms with Gasteiger partial charge in [-0.15, -0.1) is 0 Å². The van der Waals surface area contributed by atoms with E-state index in [0.29, 0.717) is 125 Å². The Balaban J connectivity index is 1.82. The molecule has 0 spiro atoms. The number of carbonyl (C=O) groups excluding carboxylic acids is 2. The van der Waals surface area contributed by atoms with Crippen molar-refractivity contribution in [3.63, 3.8) is 0 Å². The number of rotatable bonds is 33. The number of hydrogen-bond donors (Lipinski definition) is 7. The summed E-state index contributed by atoms with van der Waals surface area (Å²) in [6.45, 7) is 7.47. The first-order valence-electron chi connectivity index (χ1n) is 17.0. The quantitative estimate of drug-likeness (QED) is 0.0350. The molecule has 1 heterocycles. The van der Waals surface area contributed by atoms with Gasteiger partial charge in [0.15, 0.2) is 0 Å². The Hall–Kier alpha value is -2.27. The van der Waals surface area contributed by atoms with Crippen molar-refractivity contribution >= 4 is 17.9 Å². The van der Waals surface area contributed by atoms with Gasteiger partial charge in [0.2, 0.25) is 5.91 Å². The largest absolute Gasteiger partial charge is 0.481 e. The molecule has 5 atom stereocenters. The number of aliphatic hydroxyl groups excluding tert-OH is 3. The van der Waals surface area contributed by atoms with Gasteiger partial charge >= 0.3 is 12.0 Å². The molecule has 294 valence electrons. The summed E-state index contributed by atoms with van der Waals surface area (Å²) in [7, 11) is 0. The van der Waals surface area contributed by atoms with E-state index in [0.717, 1.165) is 0 Å².